The fraction of sp³-hybridized carbons (Fsp3) is 0.389. The fourth-order valence-electron chi connectivity index (χ4n) is 3.34. The second kappa shape index (κ2) is 5.38. The molecule has 1 aliphatic heterocycles. The number of piperazine rings is 1. The van der Waals surface area contributed by atoms with Crippen LogP contribution in [0.1, 0.15) is 25.0 Å². The molecule has 3 nitrogen and oxygen atoms in total. The minimum atomic E-state index is 0.476. The second-order valence-corrected chi connectivity index (χ2v) is 6.17. The second-order valence-electron chi connectivity index (χ2n) is 6.17. The highest BCUT2D eigenvalue weighted by Crippen LogP contribution is 2.31. The number of hydrogen-bond donors (Lipinski definition) is 1. The summed E-state index contributed by atoms with van der Waals surface area (Å²) in [7, 11) is 0. The number of benzene rings is 2. The van der Waals surface area contributed by atoms with Gasteiger partial charge in [-0.25, -0.2) is 0 Å². The topological polar surface area (TPSA) is 39.1 Å². The lowest BCUT2D eigenvalue weighted by Gasteiger charge is -2.38. The van der Waals surface area contributed by atoms with Crippen molar-refractivity contribution in [1.82, 2.24) is 5.32 Å². The first-order chi connectivity index (χ1) is 10.1. The summed E-state index contributed by atoms with van der Waals surface area (Å²) in [5, 5.41) is 15.1. The number of aryl methyl sites for hydroxylation is 1. The van der Waals surface area contributed by atoms with E-state index < -0.39 is 0 Å². The van der Waals surface area contributed by atoms with Gasteiger partial charge in [0.2, 0.25) is 0 Å². The molecule has 1 aliphatic rings. The van der Waals surface area contributed by atoms with Crippen molar-refractivity contribution in [3.8, 4) is 6.07 Å². The molecular formula is C18H21N3. The van der Waals surface area contributed by atoms with Crippen LogP contribution in [0.25, 0.3) is 10.8 Å². The zero-order valence-electron chi connectivity index (χ0n) is 12.9. The SMILES string of the molecule is Cc1ccc2c(C#N)ccc(N3CC(C)NC(C)C3)c2c1. The largest absolute Gasteiger partial charge is 0.368 e. The number of nitrogens with one attached hydrogen (secondary N) is 1. The van der Waals surface area contributed by atoms with Gasteiger partial charge in [0, 0.05) is 41.6 Å². The number of anilines is 1. The molecule has 0 saturated carbocycles. The minimum absolute atomic E-state index is 0.476. The smallest absolute Gasteiger partial charge is 0.0998 e. The maximum Gasteiger partial charge on any atom is 0.0998 e. The molecule has 0 aromatic heterocycles. The van der Waals surface area contributed by atoms with E-state index in [1.165, 1.54) is 16.6 Å². The maximum atomic E-state index is 9.32. The van der Waals surface area contributed by atoms with Gasteiger partial charge in [-0.05, 0) is 39.0 Å². The highest BCUT2D eigenvalue weighted by molar-refractivity contribution is 5.98. The third-order valence-electron chi connectivity index (χ3n) is 4.17. The maximum absolute atomic E-state index is 9.32. The molecular weight excluding hydrogens is 258 g/mol. The number of rotatable bonds is 1. The molecule has 0 amide bonds. The average Bonchev–Trinajstić information content (AvgIpc) is 2.44. The van der Waals surface area contributed by atoms with Crippen molar-refractivity contribution < 1.29 is 0 Å². The van der Waals surface area contributed by atoms with Gasteiger partial charge in [-0.3, -0.25) is 0 Å². The van der Waals surface area contributed by atoms with Crippen LogP contribution in [0.5, 0.6) is 0 Å². The van der Waals surface area contributed by atoms with Gasteiger partial charge in [-0.1, -0.05) is 17.7 Å². The molecule has 0 radical (unpaired) electrons. The van der Waals surface area contributed by atoms with Crippen molar-refractivity contribution in [2.75, 3.05) is 18.0 Å². The first-order valence-corrected chi connectivity index (χ1v) is 7.53. The molecule has 1 heterocycles. The molecule has 1 saturated heterocycles. The predicted molar refractivity (Wildman–Crippen MR) is 87.7 cm³/mol. The molecule has 2 aromatic rings. The summed E-state index contributed by atoms with van der Waals surface area (Å²) in [6, 6.07) is 13.7. The Hall–Kier alpha value is -2.05. The van der Waals surface area contributed by atoms with E-state index in [0.717, 1.165) is 24.0 Å². The Kier molecular flexibility index (Phi) is 3.57. The Morgan fingerprint density at radius 1 is 1.10 bits per heavy atom. The number of nitrogens with zero attached hydrogens (tertiary/aromatic N) is 2. The lowest BCUT2D eigenvalue weighted by molar-refractivity contribution is 0.407. The minimum Gasteiger partial charge on any atom is -0.368 e. The molecule has 0 spiro atoms. The Morgan fingerprint density at radius 3 is 2.48 bits per heavy atom. The van der Waals surface area contributed by atoms with E-state index in [1.807, 2.05) is 6.07 Å². The van der Waals surface area contributed by atoms with Gasteiger partial charge in [-0.15, -0.1) is 0 Å². The third kappa shape index (κ3) is 2.59. The zero-order valence-corrected chi connectivity index (χ0v) is 12.9. The first-order valence-electron chi connectivity index (χ1n) is 7.53. The molecule has 21 heavy (non-hydrogen) atoms. The Labute approximate surface area is 126 Å². The molecule has 2 aromatic carbocycles. The molecule has 3 rings (SSSR count). The summed E-state index contributed by atoms with van der Waals surface area (Å²) in [6.07, 6.45) is 0. The highest BCUT2D eigenvalue weighted by Gasteiger charge is 2.22. The molecule has 2 unspecified atom stereocenters. The van der Waals surface area contributed by atoms with Crippen LogP contribution in [0.4, 0.5) is 5.69 Å². The molecule has 2 atom stereocenters. The molecule has 1 fully saturated rings. The van der Waals surface area contributed by atoms with Crippen molar-refractivity contribution in [3.05, 3.63) is 41.5 Å². The zero-order chi connectivity index (χ0) is 15.0. The van der Waals surface area contributed by atoms with Gasteiger partial charge in [0.15, 0.2) is 0 Å². The van der Waals surface area contributed by atoms with Gasteiger partial charge in [0.05, 0.1) is 11.6 Å². The van der Waals surface area contributed by atoms with Gasteiger partial charge in [0.25, 0.3) is 0 Å². The summed E-state index contributed by atoms with van der Waals surface area (Å²) in [5.41, 5.74) is 3.23. The van der Waals surface area contributed by atoms with Crippen molar-refractivity contribution in [2.24, 2.45) is 0 Å². The van der Waals surface area contributed by atoms with E-state index in [4.69, 9.17) is 0 Å². The van der Waals surface area contributed by atoms with E-state index in [1.54, 1.807) is 0 Å². The summed E-state index contributed by atoms with van der Waals surface area (Å²) >= 11 is 0. The van der Waals surface area contributed by atoms with Crippen LogP contribution in [-0.2, 0) is 0 Å². The molecule has 1 N–H and O–H groups in total. The number of fused-ring (bicyclic) bond motifs is 1. The van der Waals surface area contributed by atoms with E-state index in [-0.39, 0.29) is 0 Å². The Balaban J connectivity index is 2.14. The molecule has 0 aliphatic carbocycles. The molecule has 3 heteroatoms. The molecule has 108 valence electrons. The first kappa shape index (κ1) is 13.9. The van der Waals surface area contributed by atoms with Crippen molar-refractivity contribution >= 4 is 16.5 Å². The predicted octanol–water partition coefficient (Wildman–Crippen LogP) is 3.21. The average molecular weight is 279 g/mol. The summed E-state index contributed by atoms with van der Waals surface area (Å²) in [5.74, 6) is 0. The fourth-order valence-corrected chi connectivity index (χ4v) is 3.34. The van der Waals surface area contributed by atoms with Crippen LogP contribution in [0.15, 0.2) is 30.3 Å². The van der Waals surface area contributed by atoms with Crippen molar-refractivity contribution in [1.29, 1.82) is 5.26 Å². The third-order valence-corrected chi connectivity index (χ3v) is 4.17. The van der Waals surface area contributed by atoms with Crippen molar-refractivity contribution in [2.45, 2.75) is 32.9 Å². The van der Waals surface area contributed by atoms with E-state index in [0.29, 0.717) is 12.1 Å². The normalized spacial score (nSPS) is 22.3. The monoisotopic (exact) mass is 279 g/mol. The van der Waals surface area contributed by atoms with Crippen LogP contribution in [0, 0.1) is 18.3 Å². The van der Waals surface area contributed by atoms with Gasteiger partial charge in [0.1, 0.15) is 0 Å². The highest BCUT2D eigenvalue weighted by atomic mass is 15.2. The van der Waals surface area contributed by atoms with E-state index in [9.17, 15) is 5.26 Å². The van der Waals surface area contributed by atoms with Gasteiger partial charge >= 0.3 is 0 Å². The van der Waals surface area contributed by atoms with E-state index >= 15 is 0 Å². The molecule has 0 bridgehead atoms. The standard InChI is InChI=1S/C18H21N3/c1-12-4-6-16-15(9-19)5-7-18(17(16)8-12)21-10-13(2)20-14(3)11-21/h4-8,13-14,20H,10-11H2,1-3H3. The number of nitriles is 1. The summed E-state index contributed by atoms with van der Waals surface area (Å²) in [6.45, 7) is 8.54. The summed E-state index contributed by atoms with van der Waals surface area (Å²) in [4.78, 5) is 2.44. The Bertz CT molecular complexity index is 704. The van der Waals surface area contributed by atoms with Crippen LogP contribution >= 0.6 is 0 Å². The number of hydrogen-bond acceptors (Lipinski definition) is 3. The van der Waals surface area contributed by atoms with Crippen LogP contribution in [-0.4, -0.2) is 25.2 Å². The van der Waals surface area contributed by atoms with Crippen LogP contribution < -0.4 is 10.2 Å². The van der Waals surface area contributed by atoms with Gasteiger partial charge < -0.3 is 10.2 Å². The van der Waals surface area contributed by atoms with E-state index in [2.05, 4.69) is 61.3 Å². The van der Waals surface area contributed by atoms with Crippen molar-refractivity contribution in [3.63, 3.8) is 0 Å². The van der Waals surface area contributed by atoms with Gasteiger partial charge in [-0.2, -0.15) is 5.26 Å². The van der Waals surface area contributed by atoms with Crippen LogP contribution in [0.2, 0.25) is 0 Å². The lowest BCUT2D eigenvalue weighted by atomic mass is 9.99. The van der Waals surface area contributed by atoms with Crippen LogP contribution in [0.3, 0.4) is 0 Å². The quantitative estimate of drug-likeness (QED) is 0.871. The Morgan fingerprint density at radius 2 is 1.81 bits per heavy atom. The summed E-state index contributed by atoms with van der Waals surface area (Å²) < 4.78 is 0. The lowest BCUT2D eigenvalue weighted by Crippen LogP contribution is -2.54.